The van der Waals surface area contributed by atoms with Crippen molar-refractivity contribution in [1.82, 2.24) is 0 Å². The molecule has 1 atom stereocenters. The monoisotopic (exact) mass is 287 g/mol. The highest BCUT2D eigenvalue weighted by atomic mass is 79.9. The number of nitrogens with two attached hydrogens (primary N) is 1. The van der Waals surface area contributed by atoms with Gasteiger partial charge in [-0.05, 0) is 35.0 Å². The molecular weight excluding hydrogens is 274 g/mol. The Labute approximate surface area is 103 Å². The molecule has 1 aromatic carbocycles. The third-order valence-corrected chi connectivity index (χ3v) is 2.84. The van der Waals surface area contributed by atoms with Gasteiger partial charge in [0.1, 0.15) is 6.10 Å². The van der Waals surface area contributed by atoms with Gasteiger partial charge in [-0.15, -0.1) is 0 Å². The fourth-order valence-corrected chi connectivity index (χ4v) is 1.65. The highest BCUT2D eigenvalue weighted by molar-refractivity contribution is 9.10. The van der Waals surface area contributed by atoms with E-state index in [-0.39, 0.29) is 6.10 Å². The number of rotatable bonds is 4. The number of carbonyl (C=O) groups excluding carboxylic acids is 1. The summed E-state index contributed by atoms with van der Waals surface area (Å²) in [5.41, 5.74) is 6.60. The molecule has 4 nitrogen and oxygen atoms in total. The van der Waals surface area contributed by atoms with E-state index in [4.69, 9.17) is 15.2 Å². The minimum absolute atomic E-state index is 0.286. The van der Waals surface area contributed by atoms with Crippen LogP contribution in [0.3, 0.4) is 0 Å². The highest BCUT2D eigenvalue weighted by Crippen LogP contribution is 2.24. The molecule has 0 saturated carbocycles. The number of benzene rings is 1. The summed E-state index contributed by atoms with van der Waals surface area (Å²) in [6.45, 7) is 2.13. The van der Waals surface area contributed by atoms with Crippen LogP contribution in [0, 0.1) is 0 Å². The Morgan fingerprint density at radius 3 is 2.88 bits per heavy atom. The Hall–Kier alpha value is -1.07. The van der Waals surface area contributed by atoms with E-state index in [1.807, 2.05) is 0 Å². The van der Waals surface area contributed by atoms with Gasteiger partial charge in [-0.2, -0.15) is 0 Å². The van der Waals surface area contributed by atoms with Gasteiger partial charge in [-0.3, -0.25) is 0 Å². The van der Waals surface area contributed by atoms with Crippen molar-refractivity contribution in [1.29, 1.82) is 0 Å². The predicted octanol–water partition coefficient (Wildman–Crippen LogP) is 2.22. The number of hydrogen-bond acceptors (Lipinski definition) is 4. The second-order valence-corrected chi connectivity index (χ2v) is 4.17. The standard InChI is InChI=1S/C11H14BrNO3/c1-7(6-15-2)16-11(14)8-4-3-5-9(13)10(8)12/h3-5,7H,6,13H2,1-2H3. The smallest absolute Gasteiger partial charge is 0.339 e. The van der Waals surface area contributed by atoms with E-state index >= 15 is 0 Å². The number of carbonyl (C=O) groups is 1. The SMILES string of the molecule is COCC(C)OC(=O)c1cccc(N)c1Br. The first-order valence-electron chi connectivity index (χ1n) is 4.80. The van der Waals surface area contributed by atoms with Crippen LogP contribution in [0.4, 0.5) is 5.69 Å². The summed E-state index contributed by atoms with van der Waals surface area (Å²) in [6, 6.07) is 5.07. The lowest BCUT2D eigenvalue weighted by molar-refractivity contribution is 0.0119. The molecule has 0 fully saturated rings. The zero-order valence-electron chi connectivity index (χ0n) is 9.20. The molecule has 0 aliphatic rings. The van der Waals surface area contributed by atoms with Crippen LogP contribution >= 0.6 is 15.9 Å². The first kappa shape index (κ1) is 13.0. The van der Waals surface area contributed by atoms with E-state index in [1.54, 1.807) is 32.2 Å². The molecule has 0 spiro atoms. The predicted molar refractivity (Wildman–Crippen MR) is 65.3 cm³/mol. The summed E-state index contributed by atoms with van der Waals surface area (Å²) in [7, 11) is 1.56. The normalized spacial score (nSPS) is 12.2. The van der Waals surface area contributed by atoms with Crippen LogP contribution in [0.2, 0.25) is 0 Å². The fraction of sp³-hybridized carbons (Fsp3) is 0.364. The molecule has 0 aliphatic carbocycles. The van der Waals surface area contributed by atoms with Crippen LogP contribution in [0.1, 0.15) is 17.3 Å². The van der Waals surface area contributed by atoms with Gasteiger partial charge in [0, 0.05) is 12.8 Å². The van der Waals surface area contributed by atoms with Crippen molar-refractivity contribution in [3.05, 3.63) is 28.2 Å². The zero-order valence-corrected chi connectivity index (χ0v) is 10.8. The Bertz CT molecular complexity index is 381. The molecule has 0 saturated heterocycles. The lowest BCUT2D eigenvalue weighted by Gasteiger charge is -2.13. The summed E-state index contributed by atoms with van der Waals surface area (Å²) >= 11 is 3.25. The molecule has 88 valence electrons. The average molecular weight is 288 g/mol. The molecule has 0 aromatic heterocycles. The minimum Gasteiger partial charge on any atom is -0.457 e. The van der Waals surface area contributed by atoms with Gasteiger partial charge in [-0.1, -0.05) is 6.07 Å². The summed E-state index contributed by atoms with van der Waals surface area (Å²) in [5, 5.41) is 0. The summed E-state index contributed by atoms with van der Waals surface area (Å²) in [4.78, 5) is 11.7. The molecule has 1 unspecified atom stereocenters. The first-order valence-corrected chi connectivity index (χ1v) is 5.59. The number of ether oxygens (including phenoxy) is 2. The van der Waals surface area contributed by atoms with E-state index in [2.05, 4.69) is 15.9 Å². The summed E-state index contributed by atoms with van der Waals surface area (Å²) in [5.74, 6) is -0.413. The molecule has 0 radical (unpaired) electrons. The Morgan fingerprint density at radius 1 is 1.56 bits per heavy atom. The van der Waals surface area contributed by atoms with Crippen LogP contribution < -0.4 is 5.73 Å². The Balaban J connectivity index is 2.77. The molecule has 0 aliphatic heterocycles. The maximum Gasteiger partial charge on any atom is 0.339 e. The number of hydrogen-bond donors (Lipinski definition) is 1. The van der Waals surface area contributed by atoms with Crippen molar-refractivity contribution in [2.45, 2.75) is 13.0 Å². The van der Waals surface area contributed by atoms with Crippen molar-refractivity contribution in [3.63, 3.8) is 0 Å². The van der Waals surface area contributed by atoms with Crippen LogP contribution in [0.5, 0.6) is 0 Å². The number of anilines is 1. The molecule has 1 aromatic rings. The Kier molecular flexibility index (Phi) is 4.76. The van der Waals surface area contributed by atoms with Gasteiger partial charge in [0.25, 0.3) is 0 Å². The molecule has 0 heterocycles. The van der Waals surface area contributed by atoms with Crippen LogP contribution in [0.25, 0.3) is 0 Å². The van der Waals surface area contributed by atoms with Gasteiger partial charge in [0.05, 0.1) is 16.6 Å². The molecular formula is C11H14BrNO3. The minimum atomic E-state index is -0.413. The lowest BCUT2D eigenvalue weighted by atomic mass is 10.2. The third kappa shape index (κ3) is 3.21. The molecule has 0 bridgehead atoms. The topological polar surface area (TPSA) is 61.5 Å². The Morgan fingerprint density at radius 2 is 2.25 bits per heavy atom. The number of methoxy groups -OCH3 is 1. The average Bonchev–Trinajstić information content (AvgIpc) is 2.22. The fourth-order valence-electron chi connectivity index (χ4n) is 1.22. The van der Waals surface area contributed by atoms with E-state index in [1.165, 1.54) is 0 Å². The van der Waals surface area contributed by atoms with Gasteiger partial charge < -0.3 is 15.2 Å². The maximum atomic E-state index is 11.7. The second-order valence-electron chi connectivity index (χ2n) is 3.38. The first-order chi connectivity index (χ1) is 7.56. The largest absolute Gasteiger partial charge is 0.457 e. The second kappa shape index (κ2) is 5.86. The van der Waals surface area contributed by atoms with Crippen molar-refractivity contribution in [2.24, 2.45) is 0 Å². The summed E-state index contributed by atoms with van der Waals surface area (Å²) < 4.78 is 10.6. The van der Waals surface area contributed by atoms with Crippen molar-refractivity contribution in [3.8, 4) is 0 Å². The van der Waals surface area contributed by atoms with Gasteiger partial charge in [0.15, 0.2) is 0 Å². The third-order valence-electron chi connectivity index (χ3n) is 1.96. The van der Waals surface area contributed by atoms with Gasteiger partial charge in [-0.25, -0.2) is 4.79 Å². The summed E-state index contributed by atoms with van der Waals surface area (Å²) in [6.07, 6.45) is -0.286. The molecule has 16 heavy (non-hydrogen) atoms. The van der Waals surface area contributed by atoms with Crippen LogP contribution in [-0.2, 0) is 9.47 Å². The van der Waals surface area contributed by atoms with E-state index in [9.17, 15) is 4.79 Å². The number of esters is 1. The highest BCUT2D eigenvalue weighted by Gasteiger charge is 2.15. The van der Waals surface area contributed by atoms with E-state index < -0.39 is 5.97 Å². The molecule has 5 heteroatoms. The molecule has 2 N–H and O–H groups in total. The van der Waals surface area contributed by atoms with Crippen LogP contribution in [0.15, 0.2) is 22.7 Å². The molecule has 0 amide bonds. The quantitative estimate of drug-likeness (QED) is 0.681. The van der Waals surface area contributed by atoms with E-state index in [0.717, 1.165) is 0 Å². The van der Waals surface area contributed by atoms with E-state index in [0.29, 0.717) is 22.3 Å². The maximum absolute atomic E-state index is 11.7. The number of halogens is 1. The van der Waals surface area contributed by atoms with Crippen molar-refractivity contribution in [2.75, 3.05) is 19.5 Å². The van der Waals surface area contributed by atoms with Crippen molar-refractivity contribution >= 4 is 27.6 Å². The molecule has 1 rings (SSSR count). The zero-order chi connectivity index (χ0) is 12.1. The van der Waals surface area contributed by atoms with Crippen LogP contribution in [-0.4, -0.2) is 25.8 Å². The lowest BCUT2D eigenvalue weighted by Crippen LogP contribution is -2.20. The van der Waals surface area contributed by atoms with Crippen molar-refractivity contribution < 1.29 is 14.3 Å². The number of nitrogen functional groups attached to an aromatic ring is 1. The van der Waals surface area contributed by atoms with Gasteiger partial charge >= 0.3 is 5.97 Å². The van der Waals surface area contributed by atoms with Gasteiger partial charge in [0.2, 0.25) is 0 Å².